The van der Waals surface area contributed by atoms with Crippen molar-refractivity contribution in [1.82, 2.24) is 0 Å². The number of aliphatic hydroxyl groups excluding tert-OH is 1. The Morgan fingerprint density at radius 3 is 2.44 bits per heavy atom. The monoisotopic (exact) mass is 258 g/mol. The maximum Gasteiger partial charge on any atom is 0.347 e. The molecular formula is C11H14O7. The number of hydrogen-bond donors (Lipinski definition) is 1. The van der Waals surface area contributed by atoms with Gasteiger partial charge in [-0.1, -0.05) is 6.58 Å². The molecule has 0 saturated heterocycles. The smallest absolute Gasteiger partial charge is 0.347 e. The fraction of sp³-hybridized carbons (Fsp3) is 0.364. The van der Waals surface area contributed by atoms with Crippen molar-refractivity contribution >= 4 is 17.9 Å². The lowest BCUT2D eigenvalue weighted by atomic mass is 10.4. The Hall–Kier alpha value is -2.15. The summed E-state index contributed by atoms with van der Waals surface area (Å²) in [6, 6.07) is 0. The van der Waals surface area contributed by atoms with E-state index in [1.807, 2.05) is 0 Å². The molecule has 0 aliphatic carbocycles. The molecule has 18 heavy (non-hydrogen) atoms. The van der Waals surface area contributed by atoms with Gasteiger partial charge in [-0.15, -0.1) is 0 Å². The van der Waals surface area contributed by atoms with Gasteiger partial charge in [0, 0.05) is 12.2 Å². The highest BCUT2D eigenvalue weighted by Crippen LogP contribution is 1.96. The minimum absolute atomic E-state index is 0.178. The lowest BCUT2D eigenvalue weighted by Gasteiger charge is -2.10. The Labute approximate surface area is 104 Å². The quantitative estimate of drug-likeness (QED) is 0.289. The van der Waals surface area contributed by atoms with Crippen LogP contribution in [0.25, 0.3) is 0 Å². The third-order valence-electron chi connectivity index (χ3n) is 1.52. The van der Waals surface area contributed by atoms with Gasteiger partial charge in [0.2, 0.25) is 0 Å². The van der Waals surface area contributed by atoms with Gasteiger partial charge in [0.1, 0.15) is 6.61 Å². The first-order valence-corrected chi connectivity index (χ1v) is 4.99. The summed E-state index contributed by atoms with van der Waals surface area (Å²) in [6.45, 7) is 3.95. The van der Waals surface area contributed by atoms with Crippen LogP contribution in [0.4, 0.5) is 0 Å². The van der Waals surface area contributed by atoms with Crippen LogP contribution >= 0.6 is 0 Å². The van der Waals surface area contributed by atoms with Gasteiger partial charge in [-0.3, -0.25) is 0 Å². The molecule has 0 aromatic rings. The standard InChI is InChI=1S/C11H14O7/c1-3-16-9(13)4-5-10(14)18-8(2)11(15)17-7-6-12/h3-5,8,12H,1,6-7H2,2H3. The van der Waals surface area contributed by atoms with Crippen LogP contribution < -0.4 is 0 Å². The van der Waals surface area contributed by atoms with E-state index in [1.54, 1.807) is 0 Å². The molecule has 0 fully saturated rings. The molecule has 1 atom stereocenters. The second-order valence-corrected chi connectivity index (χ2v) is 2.91. The van der Waals surface area contributed by atoms with Crippen LogP contribution in [-0.4, -0.2) is 42.3 Å². The second-order valence-electron chi connectivity index (χ2n) is 2.91. The van der Waals surface area contributed by atoms with Crippen molar-refractivity contribution in [3.8, 4) is 0 Å². The molecule has 0 aliphatic rings. The lowest BCUT2D eigenvalue weighted by Crippen LogP contribution is -2.26. The van der Waals surface area contributed by atoms with Crippen molar-refractivity contribution in [2.75, 3.05) is 13.2 Å². The van der Waals surface area contributed by atoms with E-state index in [-0.39, 0.29) is 13.2 Å². The number of carbonyl (C=O) groups is 3. The lowest BCUT2D eigenvalue weighted by molar-refractivity contribution is -0.164. The number of aliphatic hydroxyl groups is 1. The van der Waals surface area contributed by atoms with Gasteiger partial charge >= 0.3 is 17.9 Å². The number of ether oxygens (including phenoxy) is 3. The van der Waals surface area contributed by atoms with Crippen molar-refractivity contribution < 1.29 is 33.7 Å². The first kappa shape index (κ1) is 15.9. The van der Waals surface area contributed by atoms with E-state index in [0.29, 0.717) is 0 Å². The number of rotatable bonds is 7. The summed E-state index contributed by atoms with van der Waals surface area (Å²) in [7, 11) is 0. The third-order valence-corrected chi connectivity index (χ3v) is 1.52. The molecule has 0 radical (unpaired) electrons. The molecule has 0 heterocycles. The number of hydrogen-bond acceptors (Lipinski definition) is 7. The van der Waals surface area contributed by atoms with Crippen LogP contribution in [0.1, 0.15) is 6.92 Å². The van der Waals surface area contributed by atoms with E-state index in [9.17, 15) is 14.4 Å². The van der Waals surface area contributed by atoms with E-state index < -0.39 is 24.0 Å². The summed E-state index contributed by atoms with van der Waals surface area (Å²) in [5.74, 6) is -2.48. The second kappa shape index (κ2) is 8.94. The molecule has 0 aromatic carbocycles. The molecule has 1 N–H and O–H groups in total. The van der Waals surface area contributed by atoms with Crippen LogP contribution in [0.2, 0.25) is 0 Å². The number of esters is 3. The van der Waals surface area contributed by atoms with Crippen LogP contribution in [-0.2, 0) is 28.6 Å². The molecule has 0 aliphatic heterocycles. The maximum absolute atomic E-state index is 11.1. The number of carbonyl (C=O) groups excluding carboxylic acids is 3. The Balaban J connectivity index is 4.11. The van der Waals surface area contributed by atoms with E-state index >= 15 is 0 Å². The predicted octanol–water partition coefficient (Wildman–Crippen LogP) is -0.304. The SMILES string of the molecule is C=COC(=O)C=CC(=O)OC(C)C(=O)OCCO. The summed E-state index contributed by atoms with van der Waals surface area (Å²) in [5, 5.41) is 8.42. The van der Waals surface area contributed by atoms with E-state index in [0.717, 1.165) is 18.4 Å². The van der Waals surface area contributed by atoms with Crippen LogP contribution in [0.3, 0.4) is 0 Å². The Kier molecular flexibility index (Phi) is 7.87. The molecule has 0 amide bonds. The summed E-state index contributed by atoms with van der Waals surface area (Å²) >= 11 is 0. The van der Waals surface area contributed by atoms with E-state index in [4.69, 9.17) is 5.11 Å². The topological polar surface area (TPSA) is 99.1 Å². The van der Waals surface area contributed by atoms with Crippen molar-refractivity contribution in [1.29, 1.82) is 0 Å². The zero-order valence-corrected chi connectivity index (χ0v) is 9.83. The van der Waals surface area contributed by atoms with Crippen LogP contribution in [0.15, 0.2) is 25.0 Å². The predicted molar refractivity (Wildman–Crippen MR) is 59.0 cm³/mol. The largest absolute Gasteiger partial charge is 0.461 e. The minimum Gasteiger partial charge on any atom is -0.461 e. The van der Waals surface area contributed by atoms with Gasteiger partial charge in [0.05, 0.1) is 12.9 Å². The molecule has 0 spiro atoms. The van der Waals surface area contributed by atoms with Crippen LogP contribution in [0.5, 0.6) is 0 Å². The molecule has 0 rings (SSSR count). The highest BCUT2D eigenvalue weighted by Gasteiger charge is 2.17. The highest BCUT2D eigenvalue weighted by molar-refractivity contribution is 5.92. The summed E-state index contributed by atoms with van der Waals surface area (Å²) < 4.78 is 13.5. The fourth-order valence-electron chi connectivity index (χ4n) is 0.783. The summed E-state index contributed by atoms with van der Waals surface area (Å²) in [6.07, 6.45) is 1.41. The maximum atomic E-state index is 11.1. The van der Waals surface area contributed by atoms with Gasteiger partial charge in [-0.05, 0) is 6.92 Å². The molecule has 0 bridgehead atoms. The zero-order valence-electron chi connectivity index (χ0n) is 9.83. The van der Waals surface area contributed by atoms with Gasteiger partial charge in [-0.2, -0.15) is 0 Å². The normalized spacial score (nSPS) is 11.7. The third kappa shape index (κ3) is 7.18. The first-order chi connectivity index (χ1) is 8.51. The van der Waals surface area contributed by atoms with Gasteiger partial charge < -0.3 is 19.3 Å². The van der Waals surface area contributed by atoms with Crippen molar-refractivity contribution in [3.05, 3.63) is 25.0 Å². The van der Waals surface area contributed by atoms with E-state index in [2.05, 4.69) is 20.8 Å². The average Bonchev–Trinajstić information content (AvgIpc) is 2.33. The molecule has 7 heteroatoms. The van der Waals surface area contributed by atoms with Crippen molar-refractivity contribution in [2.24, 2.45) is 0 Å². The van der Waals surface area contributed by atoms with Gasteiger partial charge in [0.25, 0.3) is 0 Å². The molecule has 7 nitrogen and oxygen atoms in total. The Bertz CT molecular complexity index is 345. The zero-order chi connectivity index (χ0) is 14.0. The van der Waals surface area contributed by atoms with Crippen molar-refractivity contribution in [3.63, 3.8) is 0 Å². The van der Waals surface area contributed by atoms with Gasteiger partial charge in [0.15, 0.2) is 6.10 Å². The molecule has 100 valence electrons. The first-order valence-electron chi connectivity index (χ1n) is 4.99. The average molecular weight is 258 g/mol. The molecule has 0 saturated carbocycles. The molecule has 0 aromatic heterocycles. The van der Waals surface area contributed by atoms with Crippen molar-refractivity contribution in [2.45, 2.75) is 13.0 Å². The van der Waals surface area contributed by atoms with Gasteiger partial charge in [-0.25, -0.2) is 14.4 Å². The van der Waals surface area contributed by atoms with Crippen LogP contribution in [0, 0.1) is 0 Å². The molecular weight excluding hydrogens is 244 g/mol. The van der Waals surface area contributed by atoms with E-state index in [1.165, 1.54) is 6.92 Å². The summed E-state index contributed by atoms with van der Waals surface area (Å²) in [4.78, 5) is 33.1. The minimum atomic E-state index is -1.14. The molecule has 1 unspecified atom stereocenters. The summed E-state index contributed by atoms with van der Waals surface area (Å²) in [5.41, 5.74) is 0. The Morgan fingerprint density at radius 1 is 1.28 bits per heavy atom. The highest BCUT2D eigenvalue weighted by atomic mass is 16.6. The fourth-order valence-corrected chi connectivity index (χ4v) is 0.783. The Morgan fingerprint density at radius 2 is 1.89 bits per heavy atom.